The van der Waals surface area contributed by atoms with Gasteiger partial charge in [0.1, 0.15) is 0 Å². The molecule has 0 spiro atoms. The third-order valence-electron chi connectivity index (χ3n) is 2.58. The first kappa shape index (κ1) is 16.3. The molecule has 17 heavy (non-hydrogen) atoms. The molecule has 7 heteroatoms. The van der Waals surface area contributed by atoms with Gasteiger partial charge in [-0.3, -0.25) is 4.79 Å². The maximum Gasteiger partial charge on any atom is 0.237 e. The number of sulfonamides is 1. The normalized spacial score (nSPS) is 15.3. The molecule has 102 valence electrons. The first-order chi connectivity index (χ1) is 7.78. The predicted molar refractivity (Wildman–Crippen MR) is 67.9 cm³/mol. The maximum atomic E-state index is 11.5. The van der Waals surface area contributed by atoms with Gasteiger partial charge in [0.05, 0.1) is 12.3 Å². The molecule has 0 radical (unpaired) electrons. The van der Waals surface area contributed by atoms with Crippen LogP contribution in [0.4, 0.5) is 0 Å². The Bertz CT molecular complexity index is 330. The van der Waals surface area contributed by atoms with E-state index >= 15 is 0 Å². The van der Waals surface area contributed by atoms with E-state index in [9.17, 15) is 13.2 Å². The van der Waals surface area contributed by atoms with Gasteiger partial charge in [0.2, 0.25) is 15.9 Å². The zero-order valence-corrected chi connectivity index (χ0v) is 11.5. The molecular weight excluding hydrogens is 242 g/mol. The molecule has 0 aliphatic heterocycles. The van der Waals surface area contributed by atoms with Gasteiger partial charge in [-0.2, -0.15) is 0 Å². The molecule has 6 nitrogen and oxygen atoms in total. The number of hydrogen-bond donors (Lipinski definition) is 3. The van der Waals surface area contributed by atoms with E-state index in [1.165, 1.54) is 0 Å². The number of rotatable bonds is 8. The average molecular weight is 265 g/mol. The molecule has 0 fully saturated rings. The summed E-state index contributed by atoms with van der Waals surface area (Å²) in [6.07, 6.45) is 2.50. The van der Waals surface area contributed by atoms with Crippen LogP contribution in [0, 0.1) is 5.92 Å². The van der Waals surface area contributed by atoms with E-state index in [4.69, 9.17) is 5.73 Å². The van der Waals surface area contributed by atoms with Gasteiger partial charge >= 0.3 is 0 Å². The molecule has 0 aromatic carbocycles. The molecule has 0 rings (SSSR count). The maximum absolute atomic E-state index is 11.5. The van der Waals surface area contributed by atoms with E-state index in [1.807, 2.05) is 13.8 Å². The third kappa shape index (κ3) is 8.12. The van der Waals surface area contributed by atoms with Crippen molar-refractivity contribution in [3.63, 3.8) is 0 Å². The van der Waals surface area contributed by atoms with Gasteiger partial charge in [-0.05, 0) is 12.3 Å². The minimum Gasteiger partial charge on any atom is -0.355 e. The summed E-state index contributed by atoms with van der Waals surface area (Å²) in [7, 11) is -3.15. The first-order valence-electron chi connectivity index (χ1n) is 5.75. The van der Waals surface area contributed by atoms with Crippen LogP contribution < -0.4 is 15.8 Å². The molecule has 2 atom stereocenters. The smallest absolute Gasteiger partial charge is 0.237 e. The molecule has 0 unspecified atom stereocenters. The second-order valence-electron chi connectivity index (χ2n) is 4.22. The Kier molecular flexibility index (Phi) is 7.33. The Morgan fingerprint density at radius 3 is 2.41 bits per heavy atom. The van der Waals surface area contributed by atoms with Crippen LogP contribution >= 0.6 is 0 Å². The second-order valence-corrected chi connectivity index (χ2v) is 6.06. The van der Waals surface area contributed by atoms with E-state index in [0.717, 1.165) is 12.7 Å². The minimum atomic E-state index is -3.15. The first-order valence-corrected chi connectivity index (χ1v) is 7.65. The number of hydrogen-bond acceptors (Lipinski definition) is 4. The highest BCUT2D eigenvalue weighted by molar-refractivity contribution is 7.88. The van der Waals surface area contributed by atoms with Gasteiger partial charge in [0.15, 0.2) is 0 Å². The summed E-state index contributed by atoms with van der Waals surface area (Å²) in [6, 6.07) is -0.497. The van der Waals surface area contributed by atoms with Crippen LogP contribution in [0.25, 0.3) is 0 Å². The zero-order chi connectivity index (χ0) is 13.5. The van der Waals surface area contributed by atoms with Crippen molar-refractivity contribution in [1.82, 2.24) is 10.0 Å². The lowest BCUT2D eigenvalue weighted by atomic mass is 9.99. The van der Waals surface area contributed by atoms with Crippen LogP contribution in [0.15, 0.2) is 0 Å². The average Bonchev–Trinajstić information content (AvgIpc) is 2.24. The van der Waals surface area contributed by atoms with Crippen molar-refractivity contribution >= 4 is 15.9 Å². The van der Waals surface area contributed by atoms with Crippen molar-refractivity contribution in [2.45, 2.75) is 32.7 Å². The SMILES string of the molecule is CC[C@H](C)[C@H](N)C(=O)NCCCNS(C)(=O)=O. The van der Waals surface area contributed by atoms with E-state index in [0.29, 0.717) is 19.5 Å². The Balaban J connectivity index is 3.72. The van der Waals surface area contributed by atoms with E-state index in [1.54, 1.807) is 0 Å². The third-order valence-corrected chi connectivity index (χ3v) is 3.31. The molecule has 0 aliphatic carbocycles. The molecule has 0 aliphatic rings. The van der Waals surface area contributed by atoms with Crippen LogP contribution in [0.5, 0.6) is 0 Å². The van der Waals surface area contributed by atoms with Crippen molar-refractivity contribution < 1.29 is 13.2 Å². The van der Waals surface area contributed by atoms with Crippen molar-refractivity contribution in [3.05, 3.63) is 0 Å². The van der Waals surface area contributed by atoms with Gasteiger partial charge in [-0.25, -0.2) is 13.1 Å². The van der Waals surface area contributed by atoms with E-state index in [2.05, 4.69) is 10.0 Å². The van der Waals surface area contributed by atoms with Gasteiger partial charge in [-0.1, -0.05) is 20.3 Å². The van der Waals surface area contributed by atoms with E-state index < -0.39 is 16.1 Å². The Morgan fingerprint density at radius 1 is 1.35 bits per heavy atom. The lowest BCUT2D eigenvalue weighted by molar-refractivity contribution is -0.123. The Hall–Kier alpha value is -0.660. The number of carbonyl (C=O) groups excluding carboxylic acids is 1. The highest BCUT2D eigenvalue weighted by Crippen LogP contribution is 2.04. The summed E-state index contributed by atoms with van der Waals surface area (Å²) in [5.74, 6) is -0.0390. The Morgan fingerprint density at radius 2 is 1.94 bits per heavy atom. The Labute approximate surface area is 103 Å². The standard InChI is InChI=1S/C10H23N3O3S/c1-4-8(2)9(11)10(14)12-6-5-7-13-17(3,15)16/h8-9,13H,4-7,11H2,1-3H3,(H,12,14)/t8-,9-/m0/s1. The van der Waals surface area contributed by atoms with Crippen LogP contribution in [-0.4, -0.2) is 39.7 Å². The molecular formula is C10H23N3O3S. The predicted octanol–water partition coefficient (Wildman–Crippen LogP) is -0.585. The van der Waals surface area contributed by atoms with E-state index in [-0.39, 0.29) is 11.8 Å². The fourth-order valence-corrected chi connectivity index (χ4v) is 1.70. The molecule has 0 saturated carbocycles. The summed E-state index contributed by atoms with van der Waals surface area (Å²) in [5.41, 5.74) is 5.73. The van der Waals surface area contributed by atoms with Crippen LogP contribution in [0.2, 0.25) is 0 Å². The molecule has 1 amide bonds. The van der Waals surface area contributed by atoms with Crippen molar-refractivity contribution in [2.24, 2.45) is 11.7 Å². The largest absolute Gasteiger partial charge is 0.355 e. The lowest BCUT2D eigenvalue weighted by Crippen LogP contribution is -2.45. The van der Waals surface area contributed by atoms with Gasteiger partial charge < -0.3 is 11.1 Å². The fourth-order valence-electron chi connectivity index (χ4n) is 1.19. The van der Waals surface area contributed by atoms with Crippen molar-refractivity contribution in [1.29, 1.82) is 0 Å². The van der Waals surface area contributed by atoms with Gasteiger partial charge in [0, 0.05) is 13.1 Å². The fraction of sp³-hybridized carbons (Fsp3) is 0.900. The summed E-state index contributed by atoms with van der Waals surface area (Å²) < 4.78 is 23.8. The molecule has 0 aromatic rings. The lowest BCUT2D eigenvalue weighted by Gasteiger charge is -2.17. The number of amides is 1. The molecule has 0 aromatic heterocycles. The van der Waals surface area contributed by atoms with Gasteiger partial charge in [0.25, 0.3) is 0 Å². The highest BCUT2D eigenvalue weighted by Gasteiger charge is 2.18. The van der Waals surface area contributed by atoms with Crippen molar-refractivity contribution in [3.8, 4) is 0 Å². The zero-order valence-electron chi connectivity index (χ0n) is 10.7. The summed E-state index contributed by atoms with van der Waals surface area (Å²) in [4.78, 5) is 11.5. The molecule has 0 saturated heterocycles. The minimum absolute atomic E-state index is 0.143. The summed E-state index contributed by atoms with van der Waals surface area (Å²) >= 11 is 0. The number of carbonyl (C=O) groups is 1. The van der Waals surface area contributed by atoms with Crippen LogP contribution in [-0.2, 0) is 14.8 Å². The van der Waals surface area contributed by atoms with Crippen molar-refractivity contribution in [2.75, 3.05) is 19.3 Å². The van der Waals surface area contributed by atoms with Gasteiger partial charge in [-0.15, -0.1) is 0 Å². The van der Waals surface area contributed by atoms with Crippen LogP contribution in [0.3, 0.4) is 0 Å². The molecule has 0 bridgehead atoms. The highest BCUT2D eigenvalue weighted by atomic mass is 32.2. The summed E-state index contributed by atoms with van der Waals surface area (Å²) in [5, 5.41) is 2.69. The summed E-state index contributed by atoms with van der Waals surface area (Å²) in [6.45, 7) is 4.65. The monoisotopic (exact) mass is 265 g/mol. The number of nitrogens with two attached hydrogens (primary N) is 1. The topological polar surface area (TPSA) is 101 Å². The second kappa shape index (κ2) is 7.62. The quantitative estimate of drug-likeness (QED) is 0.511. The molecule has 4 N–H and O–H groups in total. The number of nitrogens with one attached hydrogen (secondary N) is 2. The molecule has 0 heterocycles. The van der Waals surface area contributed by atoms with Crippen LogP contribution in [0.1, 0.15) is 26.7 Å².